The molecule has 74 valence electrons. The number of Topliss-reactive ketones (excluding diaryl/α,β-unsaturated/α-hetero) is 1. The number of carbonyl (C=O) groups excluding carboxylic acids is 1. The zero-order valence-corrected chi connectivity index (χ0v) is 8.68. The van der Waals surface area contributed by atoms with Gasteiger partial charge in [-0.2, -0.15) is 5.26 Å². The van der Waals surface area contributed by atoms with E-state index in [1.165, 1.54) is 0 Å². The molecule has 0 heterocycles. The molecule has 0 N–H and O–H groups in total. The minimum atomic E-state index is 0.0801. The van der Waals surface area contributed by atoms with Gasteiger partial charge in [-0.05, 0) is 12.8 Å². The average molecular weight is 181 g/mol. The van der Waals surface area contributed by atoms with Crippen molar-refractivity contribution in [1.82, 2.24) is 0 Å². The van der Waals surface area contributed by atoms with Gasteiger partial charge in [0, 0.05) is 18.8 Å². The summed E-state index contributed by atoms with van der Waals surface area (Å²) in [5.41, 5.74) is 0. The third-order valence-corrected chi connectivity index (χ3v) is 2.27. The lowest BCUT2D eigenvalue weighted by molar-refractivity contribution is -0.122. The number of nitriles is 1. The van der Waals surface area contributed by atoms with Crippen LogP contribution in [0.15, 0.2) is 0 Å². The molecule has 1 unspecified atom stereocenters. The summed E-state index contributed by atoms with van der Waals surface area (Å²) in [6.45, 7) is 4.05. The van der Waals surface area contributed by atoms with Gasteiger partial charge in [0.2, 0.25) is 0 Å². The molecule has 0 rings (SSSR count). The van der Waals surface area contributed by atoms with Crippen LogP contribution in [0.1, 0.15) is 52.4 Å². The van der Waals surface area contributed by atoms with Crippen LogP contribution in [0.4, 0.5) is 0 Å². The predicted molar refractivity (Wildman–Crippen MR) is 53.2 cm³/mol. The van der Waals surface area contributed by atoms with Crippen LogP contribution in [0.2, 0.25) is 0 Å². The second kappa shape index (κ2) is 7.79. The minimum Gasteiger partial charge on any atom is -0.299 e. The fraction of sp³-hybridized carbons (Fsp3) is 0.818. The van der Waals surface area contributed by atoms with Gasteiger partial charge in [0.15, 0.2) is 0 Å². The molecule has 0 amide bonds. The number of carbonyl (C=O) groups is 1. The van der Waals surface area contributed by atoms with E-state index >= 15 is 0 Å². The summed E-state index contributed by atoms with van der Waals surface area (Å²) < 4.78 is 0. The molecular formula is C11H19NO. The van der Waals surface area contributed by atoms with E-state index in [9.17, 15) is 4.79 Å². The molecule has 0 aliphatic rings. The smallest absolute Gasteiger partial charge is 0.135 e. The Balaban J connectivity index is 3.52. The molecule has 0 aromatic heterocycles. The molecule has 0 aliphatic carbocycles. The largest absolute Gasteiger partial charge is 0.299 e. The molecule has 0 radical (unpaired) electrons. The van der Waals surface area contributed by atoms with Crippen molar-refractivity contribution in [3.05, 3.63) is 0 Å². The fourth-order valence-electron chi connectivity index (χ4n) is 1.24. The van der Waals surface area contributed by atoms with Gasteiger partial charge < -0.3 is 0 Å². The molecule has 0 bridgehead atoms. The van der Waals surface area contributed by atoms with Crippen LogP contribution in [0.25, 0.3) is 0 Å². The third kappa shape index (κ3) is 6.33. The minimum absolute atomic E-state index is 0.0801. The Kier molecular flexibility index (Phi) is 7.29. The molecule has 0 spiro atoms. The Hall–Kier alpha value is -0.840. The second-order valence-electron chi connectivity index (χ2n) is 3.52. The van der Waals surface area contributed by atoms with Crippen LogP contribution < -0.4 is 0 Å². The van der Waals surface area contributed by atoms with Gasteiger partial charge in [0.05, 0.1) is 6.07 Å². The standard InChI is InChI=1S/C11H19NO/c1-3-4-5-8-11(13)10(2)7-6-9-12/h10H,3-8H2,1-2H3. The summed E-state index contributed by atoms with van der Waals surface area (Å²) in [6, 6.07) is 2.07. The molecule has 2 heteroatoms. The molecular weight excluding hydrogens is 162 g/mol. The van der Waals surface area contributed by atoms with Crippen molar-refractivity contribution in [2.45, 2.75) is 52.4 Å². The molecule has 0 fully saturated rings. The van der Waals surface area contributed by atoms with Gasteiger partial charge in [-0.25, -0.2) is 0 Å². The van der Waals surface area contributed by atoms with E-state index in [0.29, 0.717) is 18.6 Å². The molecule has 0 aliphatic heterocycles. The van der Waals surface area contributed by atoms with Gasteiger partial charge in [-0.15, -0.1) is 0 Å². The van der Waals surface area contributed by atoms with Gasteiger partial charge >= 0.3 is 0 Å². The van der Waals surface area contributed by atoms with E-state index < -0.39 is 0 Å². The number of unbranched alkanes of at least 4 members (excludes halogenated alkanes) is 2. The summed E-state index contributed by atoms with van der Waals surface area (Å²) in [7, 11) is 0. The molecule has 0 saturated heterocycles. The number of hydrogen-bond acceptors (Lipinski definition) is 2. The molecule has 0 aromatic carbocycles. The summed E-state index contributed by atoms with van der Waals surface area (Å²) in [5, 5.41) is 8.35. The van der Waals surface area contributed by atoms with Crippen LogP contribution in [-0.4, -0.2) is 5.78 Å². The Bertz CT molecular complexity index is 181. The van der Waals surface area contributed by atoms with Gasteiger partial charge in [-0.1, -0.05) is 26.7 Å². The molecule has 1 atom stereocenters. The molecule has 0 saturated carbocycles. The first-order valence-electron chi connectivity index (χ1n) is 5.12. The van der Waals surface area contributed by atoms with Gasteiger partial charge in [-0.3, -0.25) is 4.79 Å². The van der Waals surface area contributed by atoms with Crippen molar-refractivity contribution in [3.8, 4) is 6.07 Å². The summed E-state index contributed by atoms with van der Waals surface area (Å²) in [4.78, 5) is 11.4. The normalized spacial score (nSPS) is 12.1. The first-order chi connectivity index (χ1) is 6.22. The highest BCUT2D eigenvalue weighted by atomic mass is 16.1. The first-order valence-corrected chi connectivity index (χ1v) is 5.12. The van der Waals surface area contributed by atoms with E-state index in [0.717, 1.165) is 25.7 Å². The van der Waals surface area contributed by atoms with Crippen molar-refractivity contribution >= 4 is 5.78 Å². The van der Waals surface area contributed by atoms with Crippen LogP contribution >= 0.6 is 0 Å². The maximum absolute atomic E-state index is 11.4. The highest BCUT2D eigenvalue weighted by molar-refractivity contribution is 5.80. The van der Waals surface area contributed by atoms with Gasteiger partial charge in [0.1, 0.15) is 5.78 Å². The van der Waals surface area contributed by atoms with Crippen LogP contribution in [0.3, 0.4) is 0 Å². The number of nitrogens with zero attached hydrogens (tertiary/aromatic N) is 1. The number of hydrogen-bond donors (Lipinski definition) is 0. The van der Waals surface area contributed by atoms with E-state index in [-0.39, 0.29) is 5.92 Å². The van der Waals surface area contributed by atoms with E-state index in [4.69, 9.17) is 5.26 Å². The zero-order chi connectivity index (χ0) is 10.1. The van der Waals surface area contributed by atoms with Crippen molar-refractivity contribution in [3.63, 3.8) is 0 Å². The Morgan fingerprint density at radius 2 is 2.15 bits per heavy atom. The second-order valence-corrected chi connectivity index (χ2v) is 3.52. The van der Waals surface area contributed by atoms with Crippen molar-refractivity contribution in [2.75, 3.05) is 0 Å². The quantitative estimate of drug-likeness (QED) is 0.566. The zero-order valence-electron chi connectivity index (χ0n) is 8.68. The van der Waals surface area contributed by atoms with Crippen molar-refractivity contribution < 1.29 is 4.79 Å². The first kappa shape index (κ1) is 12.2. The molecule has 2 nitrogen and oxygen atoms in total. The lowest BCUT2D eigenvalue weighted by Crippen LogP contribution is -2.10. The van der Waals surface area contributed by atoms with Crippen LogP contribution in [0.5, 0.6) is 0 Å². The average Bonchev–Trinajstić information content (AvgIpc) is 2.14. The Morgan fingerprint density at radius 3 is 2.69 bits per heavy atom. The molecule has 0 aromatic rings. The number of rotatable bonds is 7. The fourth-order valence-corrected chi connectivity index (χ4v) is 1.24. The molecule has 13 heavy (non-hydrogen) atoms. The van der Waals surface area contributed by atoms with Crippen LogP contribution in [0, 0.1) is 17.2 Å². The van der Waals surface area contributed by atoms with E-state index in [1.54, 1.807) is 0 Å². The van der Waals surface area contributed by atoms with E-state index in [1.807, 2.05) is 6.92 Å². The maximum atomic E-state index is 11.4. The Labute approximate surface area is 80.9 Å². The topological polar surface area (TPSA) is 40.9 Å². The number of ketones is 1. The van der Waals surface area contributed by atoms with E-state index in [2.05, 4.69) is 13.0 Å². The highest BCUT2D eigenvalue weighted by Gasteiger charge is 2.11. The lowest BCUT2D eigenvalue weighted by Gasteiger charge is -2.07. The maximum Gasteiger partial charge on any atom is 0.135 e. The summed E-state index contributed by atoms with van der Waals surface area (Å²) in [6.07, 6.45) is 5.21. The Morgan fingerprint density at radius 1 is 1.46 bits per heavy atom. The summed E-state index contributed by atoms with van der Waals surface area (Å²) >= 11 is 0. The summed E-state index contributed by atoms with van der Waals surface area (Å²) in [5.74, 6) is 0.403. The third-order valence-electron chi connectivity index (χ3n) is 2.27. The van der Waals surface area contributed by atoms with Gasteiger partial charge in [0.25, 0.3) is 0 Å². The highest BCUT2D eigenvalue weighted by Crippen LogP contribution is 2.11. The van der Waals surface area contributed by atoms with Crippen molar-refractivity contribution in [2.24, 2.45) is 5.92 Å². The van der Waals surface area contributed by atoms with Crippen LogP contribution in [-0.2, 0) is 4.79 Å². The van der Waals surface area contributed by atoms with Crippen molar-refractivity contribution in [1.29, 1.82) is 5.26 Å². The SMILES string of the molecule is CCCCCC(=O)C(C)CCC#N. The predicted octanol–water partition coefficient (Wildman–Crippen LogP) is 3.08. The monoisotopic (exact) mass is 181 g/mol. The lowest BCUT2D eigenvalue weighted by atomic mass is 9.97.